The molecule has 7 heteroatoms. The number of hydrogen-bond acceptors (Lipinski definition) is 3. The number of rotatable bonds is 4. The van der Waals surface area contributed by atoms with Gasteiger partial charge < -0.3 is 14.9 Å². The van der Waals surface area contributed by atoms with Crippen LogP contribution in [0.5, 0.6) is 0 Å². The Bertz CT molecular complexity index is 1310. The number of halogens is 1. The maximum atomic E-state index is 13.6. The molecule has 1 amide bonds. The lowest BCUT2D eigenvalue weighted by Crippen LogP contribution is -2.48. The van der Waals surface area contributed by atoms with E-state index in [9.17, 15) is 9.18 Å². The lowest BCUT2D eigenvalue weighted by atomic mass is 10.1. The van der Waals surface area contributed by atoms with Crippen molar-refractivity contribution in [2.45, 2.75) is 13.0 Å². The zero-order valence-electron chi connectivity index (χ0n) is 17.0. The molecule has 1 aliphatic rings. The number of fused-ring (bicyclic) bond motifs is 2. The van der Waals surface area contributed by atoms with Gasteiger partial charge in [-0.05, 0) is 47.5 Å². The van der Waals surface area contributed by atoms with Crippen molar-refractivity contribution in [3.05, 3.63) is 71.3 Å². The number of amides is 1. The number of nitrogens with zero attached hydrogens (tertiary/aromatic N) is 3. The highest BCUT2D eigenvalue weighted by atomic mass is 19.1. The molecular formula is C24H22FN5O. The number of hydrogen-bond donors (Lipinski definition) is 2. The van der Waals surface area contributed by atoms with Crippen LogP contribution < -0.4 is 0 Å². The average molecular weight is 415 g/mol. The first kappa shape index (κ1) is 19.3. The van der Waals surface area contributed by atoms with E-state index in [1.54, 1.807) is 12.3 Å². The molecule has 0 aliphatic carbocycles. The van der Waals surface area contributed by atoms with Gasteiger partial charge in [0.05, 0.1) is 18.1 Å². The molecule has 2 aromatic carbocycles. The Morgan fingerprint density at radius 1 is 0.968 bits per heavy atom. The van der Waals surface area contributed by atoms with Crippen LogP contribution in [0.3, 0.4) is 0 Å². The van der Waals surface area contributed by atoms with Crippen LogP contribution >= 0.6 is 0 Å². The number of benzene rings is 2. The molecule has 0 bridgehead atoms. The average Bonchev–Trinajstić information content (AvgIpc) is 3.37. The summed E-state index contributed by atoms with van der Waals surface area (Å²) in [6, 6.07) is 12.5. The first-order chi connectivity index (χ1) is 15.1. The van der Waals surface area contributed by atoms with Crippen molar-refractivity contribution in [1.29, 1.82) is 5.26 Å². The number of piperazine rings is 1. The highest BCUT2D eigenvalue weighted by Gasteiger charge is 2.22. The molecule has 0 radical (unpaired) electrons. The summed E-state index contributed by atoms with van der Waals surface area (Å²) in [7, 11) is 0. The predicted octanol–water partition coefficient (Wildman–Crippen LogP) is 3.55. The molecule has 1 aliphatic heterocycles. The highest BCUT2D eigenvalue weighted by molar-refractivity contribution is 5.89. The number of aromatic amines is 2. The van der Waals surface area contributed by atoms with Gasteiger partial charge in [0.15, 0.2) is 0 Å². The van der Waals surface area contributed by atoms with Crippen LogP contribution in [-0.4, -0.2) is 51.9 Å². The second-order valence-electron chi connectivity index (χ2n) is 8.02. The standard InChI is InChI=1S/C24H22FN5O/c25-19-2-4-23-21(11-19)17(13-27-23)10-24(31)30-7-5-29(6-8-30)15-18-14-28-22-3-1-16(12-26)9-20(18)22/h1-4,9,11,13-14,27-28H,5-8,10,15H2. The molecule has 31 heavy (non-hydrogen) atoms. The number of aromatic nitrogens is 2. The van der Waals surface area contributed by atoms with Gasteiger partial charge >= 0.3 is 0 Å². The van der Waals surface area contributed by atoms with E-state index in [-0.39, 0.29) is 18.1 Å². The van der Waals surface area contributed by atoms with E-state index < -0.39 is 0 Å². The first-order valence-electron chi connectivity index (χ1n) is 10.4. The molecule has 0 spiro atoms. The summed E-state index contributed by atoms with van der Waals surface area (Å²) in [6.07, 6.45) is 4.06. The predicted molar refractivity (Wildman–Crippen MR) is 117 cm³/mol. The van der Waals surface area contributed by atoms with Crippen LogP contribution in [0.4, 0.5) is 4.39 Å². The third-order valence-electron chi connectivity index (χ3n) is 6.09. The van der Waals surface area contributed by atoms with Crippen molar-refractivity contribution in [1.82, 2.24) is 19.8 Å². The third-order valence-corrected chi connectivity index (χ3v) is 6.09. The van der Waals surface area contributed by atoms with E-state index in [2.05, 4.69) is 20.9 Å². The molecule has 6 nitrogen and oxygen atoms in total. The van der Waals surface area contributed by atoms with E-state index in [0.717, 1.165) is 52.6 Å². The fourth-order valence-corrected chi connectivity index (χ4v) is 4.35. The van der Waals surface area contributed by atoms with Gasteiger partial charge in [0.25, 0.3) is 0 Å². The maximum Gasteiger partial charge on any atom is 0.227 e. The van der Waals surface area contributed by atoms with E-state index in [4.69, 9.17) is 5.26 Å². The normalized spacial score (nSPS) is 14.9. The monoisotopic (exact) mass is 415 g/mol. The third kappa shape index (κ3) is 3.78. The zero-order chi connectivity index (χ0) is 21.4. The van der Waals surface area contributed by atoms with Crippen molar-refractivity contribution in [2.75, 3.05) is 26.2 Å². The Hall–Kier alpha value is -3.63. The van der Waals surface area contributed by atoms with Crippen LogP contribution in [0.25, 0.3) is 21.8 Å². The minimum absolute atomic E-state index is 0.0653. The summed E-state index contributed by atoms with van der Waals surface area (Å²) < 4.78 is 13.6. The number of nitriles is 1. The second kappa shape index (κ2) is 7.89. The van der Waals surface area contributed by atoms with Gasteiger partial charge in [-0.25, -0.2) is 4.39 Å². The Kier molecular flexibility index (Phi) is 4.92. The topological polar surface area (TPSA) is 78.9 Å². The molecule has 2 aromatic heterocycles. The Morgan fingerprint density at radius 2 is 1.65 bits per heavy atom. The largest absolute Gasteiger partial charge is 0.361 e. The number of nitrogens with one attached hydrogen (secondary N) is 2. The van der Waals surface area contributed by atoms with Crippen molar-refractivity contribution in [3.63, 3.8) is 0 Å². The summed E-state index contributed by atoms with van der Waals surface area (Å²) in [5, 5.41) is 11.0. The molecule has 156 valence electrons. The molecule has 1 fully saturated rings. The van der Waals surface area contributed by atoms with Crippen molar-refractivity contribution in [3.8, 4) is 6.07 Å². The van der Waals surface area contributed by atoms with Gasteiger partial charge in [-0.3, -0.25) is 9.69 Å². The number of carbonyl (C=O) groups excluding carboxylic acids is 1. The molecular weight excluding hydrogens is 393 g/mol. The summed E-state index contributed by atoms with van der Waals surface area (Å²) in [5.41, 5.74) is 4.51. The smallest absolute Gasteiger partial charge is 0.227 e. The van der Waals surface area contributed by atoms with Gasteiger partial charge in [0.1, 0.15) is 5.82 Å². The lowest BCUT2D eigenvalue weighted by molar-refractivity contribution is -0.132. The first-order valence-corrected chi connectivity index (χ1v) is 10.4. The minimum atomic E-state index is -0.298. The summed E-state index contributed by atoms with van der Waals surface area (Å²) in [5.74, 6) is -0.232. The molecule has 4 aromatic rings. The van der Waals surface area contributed by atoms with Crippen LogP contribution in [0.2, 0.25) is 0 Å². The van der Waals surface area contributed by atoms with E-state index in [1.807, 2.05) is 29.3 Å². The SMILES string of the molecule is N#Cc1ccc2[nH]cc(CN3CCN(C(=O)Cc4c[nH]c5ccc(F)cc45)CC3)c2c1. The van der Waals surface area contributed by atoms with Crippen molar-refractivity contribution < 1.29 is 9.18 Å². The molecule has 1 saturated heterocycles. The van der Waals surface area contributed by atoms with E-state index in [1.165, 1.54) is 12.1 Å². The maximum absolute atomic E-state index is 13.6. The van der Waals surface area contributed by atoms with E-state index in [0.29, 0.717) is 18.7 Å². The van der Waals surface area contributed by atoms with Gasteiger partial charge in [-0.15, -0.1) is 0 Å². The van der Waals surface area contributed by atoms with Gasteiger partial charge in [-0.2, -0.15) is 5.26 Å². The van der Waals surface area contributed by atoms with Crippen LogP contribution in [0.1, 0.15) is 16.7 Å². The molecule has 0 unspecified atom stereocenters. The van der Waals surface area contributed by atoms with Crippen molar-refractivity contribution >= 4 is 27.7 Å². The van der Waals surface area contributed by atoms with Crippen LogP contribution in [0, 0.1) is 17.1 Å². The fraction of sp³-hybridized carbons (Fsp3) is 0.250. The van der Waals surface area contributed by atoms with E-state index >= 15 is 0 Å². The zero-order valence-corrected chi connectivity index (χ0v) is 17.0. The quantitative estimate of drug-likeness (QED) is 0.535. The van der Waals surface area contributed by atoms with Gasteiger partial charge in [-0.1, -0.05) is 0 Å². The molecule has 0 atom stereocenters. The second-order valence-corrected chi connectivity index (χ2v) is 8.02. The molecule has 5 rings (SSSR count). The van der Waals surface area contributed by atoms with Crippen LogP contribution in [0.15, 0.2) is 48.8 Å². The lowest BCUT2D eigenvalue weighted by Gasteiger charge is -2.34. The summed E-state index contributed by atoms with van der Waals surface area (Å²) in [4.78, 5) is 23.4. The highest BCUT2D eigenvalue weighted by Crippen LogP contribution is 2.23. The number of carbonyl (C=O) groups is 1. The molecule has 3 heterocycles. The molecule has 2 N–H and O–H groups in total. The van der Waals surface area contributed by atoms with Crippen molar-refractivity contribution in [2.24, 2.45) is 0 Å². The Balaban J connectivity index is 1.22. The molecule has 0 saturated carbocycles. The summed E-state index contributed by atoms with van der Waals surface area (Å²) in [6.45, 7) is 3.69. The van der Waals surface area contributed by atoms with Gasteiger partial charge in [0, 0.05) is 66.9 Å². The van der Waals surface area contributed by atoms with Gasteiger partial charge in [0.2, 0.25) is 5.91 Å². The number of H-pyrrole nitrogens is 2. The summed E-state index contributed by atoms with van der Waals surface area (Å²) >= 11 is 0. The minimum Gasteiger partial charge on any atom is -0.361 e. The van der Waals surface area contributed by atoms with Crippen LogP contribution in [-0.2, 0) is 17.8 Å². The Morgan fingerprint density at radius 3 is 2.39 bits per heavy atom. The Labute approximate surface area is 178 Å². The fourth-order valence-electron chi connectivity index (χ4n) is 4.35.